The Morgan fingerprint density at radius 1 is 1.14 bits per heavy atom. The topological polar surface area (TPSA) is 95.5 Å². The Labute approximate surface area is 161 Å². The Balaban J connectivity index is 1.43. The lowest BCUT2D eigenvalue weighted by molar-refractivity contribution is -0.136. The van der Waals surface area contributed by atoms with Crippen molar-refractivity contribution in [3.63, 3.8) is 0 Å². The number of nitrogens with zero attached hydrogens (tertiary/aromatic N) is 4. The van der Waals surface area contributed by atoms with E-state index >= 15 is 0 Å². The highest BCUT2D eigenvalue weighted by Crippen LogP contribution is 2.30. The van der Waals surface area contributed by atoms with E-state index in [1.807, 2.05) is 24.3 Å². The van der Waals surface area contributed by atoms with E-state index in [2.05, 4.69) is 15.3 Å². The lowest BCUT2D eigenvalue weighted by atomic mass is 10.0. The Kier molecular flexibility index (Phi) is 4.60. The zero-order chi connectivity index (χ0) is 19.7. The molecular formula is C20H19N5O3. The van der Waals surface area contributed by atoms with Crippen LogP contribution in [-0.2, 0) is 14.4 Å². The predicted octanol–water partition coefficient (Wildman–Crippen LogP) is 1.43. The SMILES string of the molecule is CN1C(=O)C2=C(C1=O)N(CC(=O)Nc1ccc(-c3ccccn3)cn1)CCC2. The number of likely N-dealkylation sites (N-methyl/N-ethyl adjacent to an activating group) is 1. The van der Waals surface area contributed by atoms with Gasteiger partial charge in [0.2, 0.25) is 5.91 Å². The van der Waals surface area contributed by atoms with Gasteiger partial charge in [-0.1, -0.05) is 6.07 Å². The van der Waals surface area contributed by atoms with E-state index < -0.39 is 0 Å². The van der Waals surface area contributed by atoms with Crippen LogP contribution in [0.15, 0.2) is 54.0 Å². The first-order valence-corrected chi connectivity index (χ1v) is 9.02. The number of carbonyl (C=O) groups excluding carboxylic acids is 3. The Morgan fingerprint density at radius 2 is 2.00 bits per heavy atom. The highest BCUT2D eigenvalue weighted by Gasteiger charge is 2.40. The van der Waals surface area contributed by atoms with Crippen molar-refractivity contribution in [2.24, 2.45) is 0 Å². The summed E-state index contributed by atoms with van der Waals surface area (Å²) in [5.74, 6) is -0.481. The van der Waals surface area contributed by atoms with E-state index in [-0.39, 0.29) is 24.3 Å². The third-order valence-electron chi connectivity index (χ3n) is 4.85. The molecule has 0 atom stereocenters. The van der Waals surface area contributed by atoms with Gasteiger partial charge in [0.1, 0.15) is 11.5 Å². The molecule has 142 valence electrons. The molecule has 28 heavy (non-hydrogen) atoms. The summed E-state index contributed by atoms with van der Waals surface area (Å²) in [6.45, 7) is 0.556. The van der Waals surface area contributed by atoms with Gasteiger partial charge in [0.25, 0.3) is 11.8 Å². The maximum atomic E-state index is 12.5. The highest BCUT2D eigenvalue weighted by atomic mass is 16.2. The minimum absolute atomic E-state index is 0.00460. The van der Waals surface area contributed by atoms with Crippen LogP contribution in [0.25, 0.3) is 11.3 Å². The second-order valence-electron chi connectivity index (χ2n) is 6.72. The fourth-order valence-corrected chi connectivity index (χ4v) is 3.46. The Hall–Kier alpha value is -3.55. The van der Waals surface area contributed by atoms with E-state index in [0.29, 0.717) is 30.1 Å². The van der Waals surface area contributed by atoms with Gasteiger partial charge in [-0.05, 0) is 37.1 Å². The third-order valence-corrected chi connectivity index (χ3v) is 4.85. The maximum Gasteiger partial charge on any atom is 0.277 e. The van der Waals surface area contributed by atoms with Gasteiger partial charge in [0, 0.05) is 37.1 Å². The van der Waals surface area contributed by atoms with Crippen molar-refractivity contribution < 1.29 is 14.4 Å². The van der Waals surface area contributed by atoms with Crippen LogP contribution < -0.4 is 5.32 Å². The average molecular weight is 377 g/mol. The van der Waals surface area contributed by atoms with Gasteiger partial charge >= 0.3 is 0 Å². The maximum absolute atomic E-state index is 12.5. The lowest BCUT2D eigenvalue weighted by Gasteiger charge is -2.28. The van der Waals surface area contributed by atoms with Crippen molar-refractivity contribution in [2.75, 3.05) is 25.5 Å². The summed E-state index contributed by atoms with van der Waals surface area (Å²) in [6.07, 6.45) is 4.65. The van der Waals surface area contributed by atoms with E-state index in [9.17, 15) is 14.4 Å². The Bertz CT molecular complexity index is 969. The second kappa shape index (κ2) is 7.22. The molecule has 2 aromatic heterocycles. The molecule has 8 heteroatoms. The summed E-state index contributed by atoms with van der Waals surface area (Å²) in [5, 5.41) is 2.74. The van der Waals surface area contributed by atoms with Crippen molar-refractivity contribution in [2.45, 2.75) is 12.8 Å². The van der Waals surface area contributed by atoms with Crippen molar-refractivity contribution in [3.8, 4) is 11.3 Å². The summed E-state index contributed by atoms with van der Waals surface area (Å²) in [6, 6.07) is 9.16. The monoisotopic (exact) mass is 377 g/mol. The third kappa shape index (κ3) is 3.24. The number of anilines is 1. The predicted molar refractivity (Wildman–Crippen MR) is 102 cm³/mol. The summed E-state index contributed by atoms with van der Waals surface area (Å²) < 4.78 is 0. The molecule has 0 spiro atoms. The number of nitrogens with one attached hydrogen (secondary N) is 1. The normalized spacial score (nSPS) is 16.5. The summed E-state index contributed by atoms with van der Waals surface area (Å²) in [7, 11) is 1.47. The average Bonchev–Trinajstić information content (AvgIpc) is 2.94. The summed E-state index contributed by atoms with van der Waals surface area (Å²) in [4.78, 5) is 48.2. The van der Waals surface area contributed by atoms with Gasteiger partial charge in [0.15, 0.2) is 0 Å². The molecule has 0 saturated heterocycles. The van der Waals surface area contributed by atoms with Crippen LogP contribution in [0.4, 0.5) is 5.82 Å². The standard InChI is InChI=1S/C20H19N5O3/c1-24-19(27)14-5-4-10-25(18(14)20(24)28)12-17(26)23-16-8-7-13(11-22-16)15-6-2-3-9-21-15/h2-3,6-9,11H,4-5,10,12H2,1H3,(H,22,23,26). The molecule has 2 aliphatic heterocycles. The van der Waals surface area contributed by atoms with Gasteiger partial charge in [-0.15, -0.1) is 0 Å². The lowest BCUT2D eigenvalue weighted by Crippen LogP contribution is -2.38. The molecule has 0 fully saturated rings. The molecule has 0 aliphatic carbocycles. The number of imide groups is 1. The quantitative estimate of drug-likeness (QED) is 0.810. The minimum Gasteiger partial charge on any atom is -0.357 e. The van der Waals surface area contributed by atoms with Crippen molar-refractivity contribution in [3.05, 3.63) is 54.0 Å². The molecule has 4 heterocycles. The first-order chi connectivity index (χ1) is 13.5. The summed E-state index contributed by atoms with van der Waals surface area (Å²) >= 11 is 0. The van der Waals surface area contributed by atoms with E-state index in [4.69, 9.17) is 0 Å². The van der Waals surface area contributed by atoms with Gasteiger partial charge < -0.3 is 10.2 Å². The zero-order valence-corrected chi connectivity index (χ0v) is 15.4. The van der Waals surface area contributed by atoms with Gasteiger partial charge in [-0.2, -0.15) is 0 Å². The van der Waals surface area contributed by atoms with E-state index in [1.165, 1.54) is 7.05 Å². The molecule has 8 nitrogen and oxygen atoms in total. The summed E-state index contributed by atoms with van der Waals surface area (Å²) in [5.41, 5.74) is 2.51. The van der Waals surface area contributed by atoms with Crippen LogP contribution in [0.5, 0.6) is 0 Å². The van der Waals surface area contributed by atoms with E-state index in [1.54, 1.807) is 23.4 Å². The van der Waals surface area contributed by atoms with Gasteiger partial charge in [-0.3, -0.25) is 24.3 Å². The number of amides is 3. The first kappa shape index (κ1) is 17.8. The van der Waals surface area contributed by atoms with Crippen molar-refractivity contribution >= 4 is 23.5 Å². The number of aromatic nitrogens is 2. The van der Waals surface area contributed by atoms with Crippen molar-refractivity contribution in [1.29, 1.82) is 0 Å². The smallest absolute Gasteiger partial charge is 0.277 e. The van der Waals surface area contributed by atoms with Crippen molar-refractivity contribution in [1.82, 2.24) is 19.8 Å². The van der Waals surface area contributed by atoms with Crippen LogP contribution in [-0.4, -0.2) is 57.6 Å². The fraction of sp³-hybridized carbons (Fsp3) is 0.250. The molecule has 0 aromatic carbocycles. The minimum atomic E-state index is -0.342. The van der Waals surface area contributed by atoms with Crippen LogP contribution >= 0.6 is 0 Å². The number of rotatable bonds is 4. The number of carbonyl (C=O) groups is 3. The second-order valence-corrected chi connectivity index (χ2v) is 6.72. The molecule has 2 aromatic rings. The van der Waals surface area contributed by atoms with Gasteiger partial charge in [0.05, 0.1) is 12.2 Å². The molecule has 0 saturated carbocycles. The van der Waals surface area contributed by atoms with Crippen LogP contribution in [0.3, 0.4) is 0 Å². The fourth-order valence-electron chi connectivity index (χ4n) is 3.46. The number of hydrogen-bond acceptors (Lipinski definition) is 6. The molecule has 1 N–H and O–H groups in total. The van der Waals surface area contributed by atoms with Gasteiger partial charge in [-0.25, -0.2) is 4.98 Å². The van der Waals surface area contributed by atoms with E-state index in [0.717, 1.165) is 22.6 Å². The zero-order valence-electron chi connectivity index (χ0n) is 15.4. The molecule has 2 aliphatic rings. The molecule has 3 amide bonds. The Morgan fingerprint density at radius 3 is 2.71 bits per heavy atom. The van der Waals surface area contributed by atoms with Crippen LogP contribution in [0.2, 0.25) is 0 Å². The number of hydrogen-bond donors (Lipinski definition) is 1. The molecule has 0 bridgehead atoms. The molecule has 4 rings (SSSR count). The molecule has 0 unspecified atom stereocenters. The van der Waals surface area contributed by atoms with Crippen LogP contribution in [0, 0.1) is 0 Å². The first-order valence-electron chi connectivity index (χ1n) is 9.02. The molecule has 0 radical (unpaired) electrons. The molecular weight excluding hydrogens is 358 g/mol. The number of pyridine rings is 2. The highest BCUT2D eigenvalue weighted by molar-refractivity contribution is 6.19. The largest absolute Gasteiger partial charge is 0.357 e. The van der Waals surface area contributed by atoms with Crippen LogP contribution in [0.1, 0.15) is 12.8 Å².